The van der Waals surface area contributed by atoms with Gasteiger partial charge in [0, 0.05) is 57.6 Å². The van der Waals surface area contributed by atoms with Crippen LogP contribution in [0.4, 0.5) is 11.6 Å². The lowest BCUT2D eigenvalue weighted by molar-refractivity contribution is -0.116. The molecule has 3 aromatic rings. The SMILES string of the molecule is CCN(CC)c1ccc(-c2nc3n(n2)C(c2ccc(Cl)cc2Cl)C2=C(CCCC2=O)N3)cc1. The zero-order valence-electron chi connectivity index (χ0n) is 18.6. The molecule has 5 rings (SSSR count). The molecule has 0 radical (unpaired) electrons. The van der Waals surface area contributed by atoms with Gasteiger partial charge in [0.15, 0.2) is 11.6 Å². The summed E-state index contributed by atoms with van der Waals surface area (Å²) in [6.45, 7) is 6.19. The second-order valence-corrected chi connectivity index (χ2v) is 9.13. The molecular weight excluding hydrogens is 457 g/mol. The van der Waals surface area contributed by atoms with Gasteiger partial charge in [0.1, 0.15) is 6.04 Å². The van der Waals surface area contributed by atoms with Gasteiger partial charge in [-0.3, -0.25) is 4.79 Å². The fraction of sp³-hybridized carbons (Fsp3) is 0.320. The number of hydrogen-bond acceptors (Lipinski definition) is 5. The van der Waals surface area contributed by atoms with Gasteiger partial charge in [-0.2, -0.15) is 4.98 Å². The van der Waals surface area contributed by atoms with Gasteiger partial charge in [-0.15, -0.1) is 5.10 Å². The Bertz CT molecular complexity index is 1240. The Hall–Kier alpha value is -2.83. The number of ketones is 1. The smallest absolute Gasteiger partial charge is 0.226 e. The monoisotopic (exact) mass is 481 g/mol. The highest BCUT2D eigenvalue weighted by atomic mass is 35.5. The van der Waals surface area contributed by atoms with Gasteiger partial charge >= 0.3 is 0 Å². The van der Waals surface area contributed by atoms with Crippen LogP contribution in [0.25, 0.3) is 11.4 Å². The van der Waals surface area contributed by atoms with Crippen LogP contribution in [0.3, 0.4) is 0 Å². The van der Waals surface area contributed by atoms with Crippen molar-refractivity contribution in [2.45, 2.75) is 39.2 Å². The van der Waals surface area contributed by atoms with E-state index in [0.717, 1.165) is 42.8 Å². The summed E-state index contributed by atoms with van der Waals surface area (Å²) in [5.41, 5.74) is 4.50. The lowest BCUT2D eigenvalue weighted by atomic mass is 9.85. The van der Waals surface area contributed by atoms with Gasteiger partial charge in [0.2, 0.25) is 5.95 Å². The Labute approximate surface area is 203 Å². The Morgan fingerprint density at radius 1 is 1.09 bits per heavy atom. The third-order valence-corrected chi connectivity index (χ3v) is 6.94. The number of rotatable bonds is 5. The molecule has 0 fully saturated rings. The maximum Gasteiger partial charge on any atom is 0.226 e. The minimum Gasteiger partial charge on any atom is -0.372 e. The van der Waals surface area contributed by atoms with Gasteiger partial charge in [-0.25, -0.2) is 4.68 Å². The molecule has 170 valence electrons. The van der Waals surface area contributed by atoms with E-state index >= 15 is 0 Å². The molecule has 0 amide bonds. The summed E-state index contributed by atoms with van der Waals surface area (Å²) in [6, 6.07) is 13.2. The molecule has 0 bridgehead atoms. The van der Waals surface area contributed by atoms with E-state index in [1.54, 1.807) is 16.8 Å². The highest BCUT2D eigenvalue weighted by molar-refractivity contribution is 6.35. The maximum atomic E-state index is 13.0. The molecule has 1 aliphatic carbocycles. The lowest BCUT2D eigenvalue weighted by Gasteiger charge is -2.32. The second-order valence-electron chi connectivity index (χ2n) is 8.29. The summed E-state index contributed by atoms with van der Waals surface area (Å²) in [5, 5.41) is 9.26. The van der Waals surface area contributed by atoms with Crippen LogP contribution in [0, 0.1) is 0 Å². The van der Waals surface area contributed by atoms with Crippen molar-refractivity contribution in [3.63, 3.8) is 0 Å². The van der Waals surface area contributed by atoms with Gasteiger partial charge in [-0.1, -0.05) is 29.3 Å². The van der Waals surface area contributed by atoms with E-state index in [2.05, 4.69) is 36.2 Å². The number of halogens is 2. The first kappa shape index (κ1) is 22.0. The number of allylic oxidation sites excluding steroid dienone is 2. The third kappa shape index (κ3) is 3.91. The summed E-state index contributed by atoms with van der Waals surface area (Å²) in [5.74, 6) is 1.33. The molecule has 2 aliphatic rings. The summed E-state index contributed by atoms with van der Waals surface area (Å²) in [4.78, 5) is 20.1. The van der Waals surface area contributed by atoms with Gasteiger partial charge in [-0.05, 0) is 63.1 Å². The van der Waals surface area contributed by atoms with Crippen LogP contribution in [0.2, 0.25) is 10.0 Å². The number of anilines is 2. The number of benzene rings is 2. The van der Waals surface area contributed by atoms with Crippen LogP contribution in [-0.4, -0.2) is 33.6 Å². The molecule has 33 heavy (non-hydrogen) atoms. The first-order chi connectivity index (χ1) is 16.0. The summed E-state index contributed by atoms with van der Waals surface area (Å²) in [7, 11) is 0. The van der Waals surface area contributed by atoms with E-state index in [0.29, 0.717) is 33.8 Å². The Morgan fingerprint density at radius 2 is 1.85 bits per heavy atom. The number of fused-ring (bicyclic) bond motifs is 1. The normalized spacial score (nSPS) is 17.5. The summed E-state index contributed by atoms with van der Waals surface area (Å²) >= 11 is 12.7. The minimum atomic E-state index is -0.440. The van der Waals surface area contributed by atoms with Crippen LogP contribution in [0.15, 0.2) is 53.7 Å². The van der Waals surface area contributed by atoms with Crippen LogP contribution in [0.1, 0.15) is 44.7 Å². The Morgan fingerprint density at radius 3 is 2.55 bits per heavy atom. The van der Waals surface area contributed by atoms with E-state index in [1.165, 1.54) is 5.69 Å². The fourth-order valence-electron chi connectivity index (χ4n) is 4.70. The Kier molecular flexibility index (Phi) is 5.89. The van der Waals surface area contributed by atoms with Crippen molar-refractivity contribution in [3.05, 3.63) is 69.3 Å². The van der Waals surface area contributed by atoms with Gasteiger partial charge in [0.05, 0.1) is 0 Å². The van der Waals surface area contributed by atoms with Crippen LogP contribution in [0.5, 0.6) is 0 Å². The standard InChI is InChI=1S/C25H25Cl2N5O/c1-3-31(4-2)17-11-8-15(9-12-17)24-29-25-28-20-6-5-7-21(33)22(20)23(32(25)30-24)18-13-10-16(26)14-19(18)27/h8-14,23H,3-7H2,1-2H3,(H,28,29,30). The average molecular weight is 482 g/mol. The summed E-state index contributed by atoms with van der Waals surface area (Å²) < 4.78 is 1.78. The number of Topliss-reactive ketones (excluding diaryl/α,β-unsaturated/α-hetero) is 1. The molecule has 6 nitrogen and oxygen atoms in total. The zero-order chi connectivity index (χ0) is 23.1. The number of nitrogens with zero attached hydrogens (tertiary/aromatic N) is 4. The molecule has 1 aliphatic heterocycles. The van der Waals surface area contributed by atoms with E-state index < -0.39 is 6.04 Å². The largest absolute Gasteiger partial charge is 0.372 e. The molecule has 0 saturated carbocycles. The van der Waals surface area contributed by atoms with Crippen molar-refractivity contribution >= 4 is 40.6 Å². The topological polar surface area (TPSA) is 63.1 Å². The first-order valence-electron chi connectivity index (χ1n) is 11.3. The quantitative estimate of drug-likeness (QED) is 0.475. The number of nitrogens with one attached hydrogen (secondary N) is 1. The van der Waals surface area contributed by atoms with Crippen molar-refractivity contribution in [2.75, 3.05) is 23.3 Å². The van der Waals surface area contributed by atoms with E-state index in [4.69, 9.17) is 33.3 Å². The fourth-order valence-corrected chi connectivity index (χ4v) is 5.21. The molecule has 2 aromatic carbocycles. The average Bonchev–Trinajstić information content (AvgIpc) is 3.23. The van der Waals surface area contributed by atoms with Crippen molar-refractivity contribution in [1.29, 1.82) is 0 Å². The van der Waals surface area contributed by atoms with Crippen molar-refractivity contribution < 1.29 is 4.79 Å². The van der Waals surface area contributed by atoms with E-state index in [9.17, 15) is 4.79 Å². The maximum absolute atomic E-state index is 13.0. The molecule has 0 saturated heterocycles. The van der Waals surface area contributed by atoms with E-state index in [-0.39, 0.29) is 5.78 Å². The van der Waals surface area contributed by atoms with Crippen LogP contribution >= 0.6 is 23.2 Å². The number of carbonyl (C=O) groups excluding carboxylic acids is 1. The first-order valence-corrected chi connectivity index (χ1v) is 12.1. The molecule has 0 spiro atoms. The molecule has 8 heteroatoms. The molecule has 1 atom stereocenters. The molecule has 1 N–H and O–H groups in total. The number of carbonyl (C=O) groups is 1. The predicted octanol–water partition coefficient (Wildman–Crippen LogP) is 6.12. The number of aromatic nitrogens is 3. The van der Waals surface area contributed by atoms with Crippen molar-refractivity contribution in [1.82, 2.24) is 14.8 Å². The molecule has 1 unspecified atom stereocenters. The van der Waals surface area contributed by atoms with Crippen molar-refractivity contribution in [2.24, 2.45) is 0 Å². The van der Waals surface area contributed by atoms with Crippen LogP contribution < -0.4 is 10.2 Å². The highest BCUT2D eigenvalue weighted by Gasteiger charge is 2.37. The van der Waals surface area contributed by atoms with Crippen molar-refractivity contribution in [3.8, 4) is 11.4 Å². The summed E-state index contributed by atoms with van der Waals surface area (Å²) in [6.07, 6.45) is 2.13. The lowest BCUT2D eigenvalue weighted by Crippen LogP contribution is -2.31. The van der Waals surface area contributed by atoms with Gasteiger partial charge in [0.25, 0.3) is 0 Å². The minimum absolute atomic E-state index is 0.117. The predicted molar refractivity (Wildman–Crippen MR) is 133 cm³/mol. The Balaban J connectivity index is 1.59. The van der Waals surface area contributed by atoms with Gasteiger partial charge < -0.3 is 10.2 Å². The number of hydrogen-bond donors (Lipinski definition) is 1. The second kappa shape index (κ2) is 8.84. The third-order valence-electron chi connectivity index (χ3n) is 6.38. The molecular formula is C25H25Cl2N5O. The van der Waals surface area contributed by atoms with E-state index in [1.807, 2.05) is 18.2 Å². The molecule has 2 heterocycles. The van der Waals surface area contributed by atoms with Crippen LogP contribution in [-0.2, 0) is 4.79 Å². The highest BCUT2D eigenvalue weighted by Crippen LogP contribution is 2.43. The zero-order valence-corrected chi connectivity index (χ0v) is 20.1. The molecule has 1 aromatic heterocycles.